The molecule has 0 amide bonds. The summed E-state index contributed by atoms with van der Waals surface area (Å²) < 4.78 is 0. The van der Waals surface area contributed by atoms with Crippen molar-refractivity contribution in [3.63, 3.8) is 0 Å². The van der Waals surface area contributed by atoms with Crippen LogP contribution in [-0.4, -0.2) is 15.0 Å². The van der Waals surface area contributed by atoms with Crippen LogP contribution in [0, 0.1) is 13.8 Å². The van der Waals surface area contributed by atoms with Gasteiger partial charge in [-0.3, -0.25) is 0 Å². The topological polar surface area (TPSA) is 41.6 Å². The van der Waals surface area contributed by atoms with Crippen LogP contribution in [0.3, 0.4) is 0 Å². The molecular weight excluding hydrogens is 210 g/mol. The quantitative estimate of drug-likeness (QED) is 0.688. The zero-order chi connectivity index (χ0) is 11.8. The maximum Gasteiger partial charge on any atom is 0.176 e. The van der Waals surface area contributed by atoms with Crippen molar-refractivity contribution in [3.8, 4) is 11.5 Å². The highest BCUT2D eigenvalue weighted by Crippen LogP contribution is 2.21. The number of H-pyrrole nitrogens is 1. The first-order valence-electron chi connectivity index (χ1n) is 5.63. The fourth-order valence-electron chi connectivity index (χ4n) is 2.04. The Bertz CT molecular complexity index is 630. The number of nitrogens with zero attached hydrogens (tertiary/aromatic N) is 2. The second-order valence-electron chi connectivity index (χ2n) is 4.24. The molecule has 0 saturated heterocycles. The van der Waals surface area contributed by atoms with Crippen LogP contribution in [0.2, 0.25) is 0 Å². The number of benzene rings is 1. The fraction of sp³-hybridized carbons (Fsp3) is 0.143. The summed E-state index contributed by atoms with van der Waals surface area (Å²) in [6, 6.07) is 12.3. The molecule has 0 fully saturated rings. The van der Waals surface area contributed by atoms with Crippen LogP contribution in [0.4, 0.5) is 0 Å². The number of rotatable bonds is 1. The number of hydrogen-bond donors (Lipinski definition) is 1. The lowest BCUT2D eigenvalue weighted by molar-refractivity contribution is 1.05. The molecule has 3 heteroatoms. The van der Waals surface area contributed by atoms with Gasteiger partial charge in [-0.05, 0) is 32.0 Å². The van der Waals surface area contributed by atoms with Gasteiger partial charge in [0.25, 0.3) is 0 Å². The third-order valence-electron chi connectivity index (χ3n) is 2.75. The molecule has 3 nitrogen and oxygen atoms in total. The van der Waals surface area contributed by atoms with Crippen molar-refractivity contribution in [3.05, 3.63) is 47.8 Å². The van der Waals surface area contributed by atoms with Gasteiger partial charge in [0.2, 0.25) is 0 Å². The Balaban J connectivity index is 2.20. The average Bonchev–Trinajstić information content (AvgIpc) is 2.71. The summed E-state index contributed by atoms with van der Waals surface area (Å²) in [5, 5.41) is 1.19. The van der Waals surface area contributed by atoms with E-state index in [1.807, 2.05) is 32.0 Å². The number of nitrogens with one attached hydrogen (secondary N) is 1. The van der Waals surface area contributed by atoms with Crippen LogP contribution in [0.25, 0.3) is 22.4 Å². The normalized spacial score (nSPS) is 10.9. The van der Waals surface area contributed by atoms with Crippen molar-refractivity contribution in [1.82, 2.24) is 15.0 Å². The maximum absolute atomic E-state index is 4.46. The highest BCUT2D eigenvalue weighted by atomic mass is 14.9. The van der Waals surface area contributed by atoms with E-state index in [9.17, 15) is 0 Å². The van der Waals surface area contributed by atoms with Gasteiger partial charge in [-0.25, -0.2) is 9.97 Å². The zero-order valence-electron chi connectivity index (χ0n) is 9.86. The third kappa shape index (κ3) is 1.80. The summed E-state index contributed by atoms with van der Waals surface area (Å²) in [4.78, 5) is 12.3. The minimum absolute atomic E-state index is 0.763. The molecule has 0 atom stereocenters. The standard InChI is InChI=1S/C14H13N3/c1-9-7-10(2)16-14(15-9)13-8-11-5-3-4-6-12(11)17-13/h3-8,17H,1-2H3. The summed E-state index contributed by atoms with van der Waals surface area (Å²) in [5.74, 6) is 0.763. The summed E-state index contributed by atoms with van der Waals surface area (Å²) in [5.41, 5.74) is 4.07. The van der Waals surface area contributed by atoms with Gasteiger partial charge in [0.1, 0.15) is 0 Å². The lowest BCUT2D eigenvalue weighted by Crippen LogP contribution is -1.94. The SMILES string of the molecule is Cc1cc(C)nc(-c2cc3ccccc3[nH]2)n1. The zero-order valence-corrected chi connectivity index (χ0v) is 9.86. The fourth-order valence-corrected chi connectivity index (χ4v) is 2.04. The number of aromatic nitrogens is 3. The van der Waals surface area contributed by atoms with Crippen molar-refractivity contribution in [2.45, 2.75) is 13.8 Å². The van der Waals surface area contributed by atoms with E-state index in [1.54, 1.807) is 0 Å². The molecule has 84 valence electrons. The predicted octanol–water partition coefficient (Wildman–Crippen LogP) is 3.24. The molecule has 0 unspecified atom stereocenters. The summed E-state index contributed by atoms with van der Waals surface area (Å²) in [6.45, 7) is 3.97. The minimum Gasteiger partial charge on any atom is -0.352 e. The van der Waals surface area contributed by atoms with E-state index in [4.69, 9.17) is 0 Å². The summed E-state index contributed by atoms with van der Waals surface area (Å²) in [7, 11) is 0. The molecule has 3 rings (SSSR count). The van der Waals surface area contributed by atoms with Crippen LogP contribution in [0.1, 0.15) is 11.4 Å². The van der Waals surface area contributed by atoms with E-state index < -0.39 is 0 Å². The Hall–Kier alpha value is -2.16. The molecule has 0 saturated carbocycles. The molecular formula is C14H13N3. The summed E-state index contributed by atoms with van der Waals surface area (Å²) in [6.07, 6.45) is 0. The summed E-state index contributed by atoms with van der Waals surface area (Å²) >= 11 is 0. The molecule has 0 aliphatic rings. The maximum atomic E-state index is 4.46. The van der Waals surface area contributed by atoms with Crippen LogP contribution >= 0.6 is 0 Å². The van der Waals surface area contributed by atoms with Gasteiger partial charge in [0, 0.05) is 22.3 Å². The van der Waals surface area contributed by atoms with Gasteiger partial charge < -0.3 is 4.98 Å². The first-order chi connectivity index (χ1) is 8.22. The first-order valence-corrected chi connectivity index (χ1v) is 5.63. The molecule has 1 N–H and O–H groups in total. The molecule has 17 heavy (non-hydrogen) atoms. The Kier molecular flexibility index (Phi) is 2.18. The second kappa shape index (κ2) is 3.70. The van der Waals surface area contributed by atoms with Crippen molar-refractivity contribution in [2.24, 2.45) is 0 Å². The van der Waals surface area contributed by atoms with Gasteiger partial charge in [0.05, 0.1) is 5.69 Å². The third-order valence-corrected chi connectivity index (χ3v) is 2.75. The van der Waals surface area contributed by atoms with Crippen molar-refractivity contribution >= 4 is 10.9 Å². The minimum atomic E-state index is 0.763. The first kappa shape index (κ1) is 10.0. The molecule has 0 spiro atoms. The monoisotopic (exact) mass is 223 g/mol. The average molecular weight is 223 g/mol. The second-order valence-corrected chi connectivity index (χ2v) is 4.24. The predicted molar refractivity (Wildman–Crippen MR) is 68.8 cm³/mol. The Morgan fingerprint density at radius 2 is 1.65 bits per heavy atom. The van der Waals surface area contributed by atoms with E-state index in [0.29, 0.717) is 0 Å². The molecule has 2 heterocycles. The smallest absolute Gasteiger partial charge is 0.176 e. The molecule has 0 radical (unpaired) electrons. The molecule has 0 bridgehead atoms. The molecule has 2 aromatic heterocycles. The van der Waals surface area contributed by atoms with Crippen molar-refractivity contribution in [1.29, 1.82) is 0 Å². The number of aryl methyl sites for hydroxylation is 2. The van der Waals surface area contributed by atoms with Gasteiger partial charge >= 0.3 is 0 Å². The van der Waals surface area contributed by atoms with E-state index in [0.717, 1.165) is 28.4 Å². The van der Waals surface area contributed by atoms with Crippen molar-refractivity contribution in [2.75, 3.05) is 0 Å². The van der Waals surface area contributed by atoms with Gasteiger partial charge in [-0.15, -0.1) is 0 Å². The van der Waals surface area contributed by atoms with Gasteiger partial charge in [-0.2, -0.15) is 0 Å². The van der Waals surface area contributed by atoms with E-state index in [-0.39, 0.29) is 0 Å². The Morgan fingerprint density at radius 1 is 0.941 bits per heavy atom. The van der Waals surface area contributed by atoms with Crippen LogP contribution in [-0.2, 0) is 0 Å². The molecule has 0 aliphatic heterocycles. The van der Waals surface area contributed by atoms with E-state index in [1.165, 1.54) is 5.39 Å². The van der Waals surface area contributed by atoms with Crippen molar-refractivity contribution < 1.29 is 0 Å². The van der Waals surface area contributed by atoms with E-state index in [2.05, 4.69) is 33.2 Å². The lowest BCUT2D eigenvalue weighted by Gasteiger charge is -2.00. The molecule has 3 aromatic rings. The van der Waals surface area contributed by atoms with Crippen LogP contribution in [0.5, 0.6) is 0 Å². The van der Waals surface area contributed by atoms with Crippen LogP contribution < -0.4 is 0 Å². The van der Waals surface area contributed by atoms with Gasteiger partial charge in [0.15, 0.2) is 5.82 Å². The van der Waals surface area contributed by atoms with Gasteiger partial charge in [-0.1, -0.05) is 18.2 Å². The molecule has 0 aliphatic carbocycles. The number of aromatic amines is 1. The Labute approximate surface area is 99.5 Å². The lowest BCUT2D eigenvalue weighted by atomic mass is 10.2. The largest absolute Gasteiger partial charge is 0.352 e. The van der Waals surface area contributed by atoms with E-state index >= 15 is 0 Å². The number of fused-ring (bicyclic) bond motifs is 1. The highest BCUT2D eigenvalue weighted by Gasteiger charge is 2.06. The number of hydrogen-bond acceptors (Lipinski definition) is 2. The Morgan fingerprint density at radius 3 is 2.35 bits per heavy atom. The van der Waals surface area contributed by atoms with Crippen LogP contribution in [0.15, 0.2) is 36.4 Å². The molecule has 1 aromatic carbocycles. The highest BCUT2D eigenvalue weighted by molar-refractivity contribution is 5.84. The number of para-hydroxylation sites is 1.